The molecule has 7 heteroatoms. The quantitative estimate of drug-likeness (QED) is 0.495. The van der Waals surface area contributed by atoms with E-state index in [0.717, 1.165) is 6.07 Å². The molecular weight excluding hydrogens is 286 g/mol. The number of nitrogens with one attached hydrogen (secondary N) is 1. The first-order valence-electron chi connectivity index (χ1n) is 6.41. The normalized spacial score (nSPS) is 10.0. The standard InChI is InChI=1S/C15H13N3O4/c16-9-14(19)17-13-8-11(18(21)22)6-7-12(13)15(20)10-4-2-1-3-5-10/h1-8H,9,16H2,(H,17,19). The minimum atomic E-state index is -0.602. The number of ketones is 1. The van der Waals surface area contributed by atoms with Crippen molar-refractivity contribution in [3.63, 3.8) is 0 Å². The first-order chi connectivity index (χ1) is 10.5. The van der Waals surface area contributed by atoms with Crippen LogP contribution in [0.25, 0.3) is 0 Å². The second-order valence-corrected chi connectivity index (χ2v) is 4.43. The molecule has 3 N–H and O–H groups in total. The van der Waals surface area contributed by atoms with E-state index in [4.69, 9.17) is 5.73 Å². The lowest BCUT2D eigenvalue weighted by Gasteiger charge is -2.10. The number of nitrogens with zero attached hydrogens (tertiary/aromatic N) is 1. The van der Waals surface area contributed by atoms with Crippen LogP contribution in [0, 0.1) is 10.1 Å². The number of nitro groups is 1. The third-order valence-electron chi connectivity index (χ3n) is 2.95. The molecule has 22 heavy (non-hydrogen) atoms. The van der Waals surface area contributed by atoms with Crippen molar-refractivity contribution in [1.82, 2.24) is 0 Å². The number of carbonyl (C=O) groups is 2. The van der Waals surface area contributed by atoms with Crippen molar-refractivity contribution in [3.05, 3.63) is 69.8 Å². The first-order valence-corrected chi connectivity index (χ1v) is 6.41. The van der Waals surface area contributed by atoms with Gasteiger partial charge >= 0.3 is 0 Å². The van der Waals surface area contributed by atoms with E-state index in [1.807, 2.05) is 0 Å². The molecule has 7 nitrogen and oxygen atoms in total. The Balaban J connectivity index is 2.47. The monoisotopic (exact) mass is 299 g/mol. The van der Waals surface area contributed by atoms with E-state index in [1.54, 1.807) is 30.3 Å². The van der Waals surface area contributed by atoms with Crippen LogP contribution in [0.5, 0.6) is 0 Å². The lowest BCUT2D eigenvalue weighted by Crippen LogP contribution is -2.23. The van der Waals surface area contributed by atoms with Crippen molar-refractivity contribution in [2.75, 3.05) is 11.9 Å². The molecule has 0 spiro atoms. The van der Waals surface area contributed by atoms with Crippen LogP contribution in [0.3, 0.4) is 0 Å². The maximum Gasteiger partial charge on any atom is 0.271 e. The molecule has 0 aromatic heterocycles. The van der Waals surface area contributed by atoms with Gasteiger partial charge < -0.3 is 11.1 Å². The number of anilines is 1. The highest BCUT2D eigenvalue weighted by Gasteiger charge is 2.18. The molecule has 0 saturated heterocycles. The minimum absolute atomic E-state index is 0.0681. The molecule has 0 heterocycles. The fraction of sp³-hybridized carbons (Fsp3) is 0.0667. The summed E-state index contributed by atoms with van der Waals surface area (Å²) >= 11 is 0. The van der Waals surface area contributed by atoms with E-state index in [9.17, 15) is 19.7 Å². The lowest BCUT2D eigenvalue weighted by atomic mass is 10.0. The highest BCUT2D eigenvalue weighted by Crippen LogP contribution is 2.25. The Kier molecular flexibility index (Phi) is 4.60. The van der Waals surface area contributed by atoms with Gasteiger partial charge in [-0.3, -0.25) is 19.7 Å². The number of hydrogen-bond donors (Lipinski definition) is 2. The third kappa shape index (κ3) is 3.33. The molecule has 0 radical (unpaired) electrons. The van der Waals surface area contributed by atoms with Gasteiger partial charge in [-0.1, -0.05) is 30.3 Å². The fourth-order valence-electron chi connectivity index (χ4n) is 1.89. The predicted molar refractivity (Wildman–Crippen MR) is 80.7 cm³/mol. The zero-order chi connectivity index (χ0) is 16.1. The average Bonchev–Trinajstić information content (AvgIpc) is 2.54. The van der Waals surface area contributed by atoms with Gasteiger partial charge in [0.25, 0.3) is 5.69 Å². The van der Waals surface area contributed by atoms with Crippen molar-refractivity contribution in [3.8, 4) is 0 Å². The van der Waals surface area contributed by atoms with Crippen molar-refractivity contribution < 1.29 is 14.5 Å². The lowest BCUT2D eigenvalue weighted by molar-refractivity contribution is -0.384. The largest absolute Gasteiger partial charge is 0.324 e. The summed E-state index contributed by atoms with van der Waals surface area (Å²) in [5.74, 6) is -0.884. The van der Waals surface area contributed by atoms with E-state index in [0.29, 0.717) is 5.56 Å². The summed E-state index contributed by atoms with van der Waals surface area (Å²) in [5, 5.41) is 13.3. The summed E-state index contributed by atoms with van der Waals surface area (Å²) in [6, 6.07) is 12.1. The number of carbonyl (C=O) groups excluding carboxylic acids is 2. The van der Waals surface area contributed by atoms with Gasteiger partial charge in [0.05, 0.1) is 17.2 Å². The number of amides is 1. The van der Waals surface area contributed by atoms with Gasteiger partial charge in [-0.25, -0.2) is 0 Å². The Morgan fingerprint density at radius 2 is 1.82 bits per heavy atom. The topological polar surface area (TPSA) is 115 Å². The molecule has 2 aromatic carbocycles. The van der Waals surface area contributed by atoms with Crippen LogP contribution in [0.1, 0.15) is 15.9 Å². The number of nitrogens with two attached hydrogens (primary N) is 1. The maximum atomic E-state index is 12.5. The SMILES string of the molecule is NCC(=O)Nc1cc([N+](=O)[O-])ccc1C(=O)c1ccccc1. The molecule has 0 bridgehead atoms. The van der Waals surface area contributed by atoms with Crippen molar-refractivity contribution in [1.29, 1.82) is 0 Å². The smallest absolute Gasteiger partial charge is 0.271 e. The van der Waals surface area contributed by atoms with Crippen molar-refractivity contribution >= 4 is 23.1 Å². The Morgan fingerprint density at radius 3 is 2.41 bits per heavy atom. The van der Waals surface area contributed by atoms with E-state index >= 15 is 0 Å². The number of benzene rings is 2. The summed E-state index contributed by atoms with van der Waals surface area (Å²) in [6.07, 6.45) is 0. The Morgan fingerprint density at radius 1 is 1.14 bits per heavy atom. The zero-order valence-electron chi connectivity index (χ0n) is 11.5. The molecule has 0 fully saturated rings. The van der Waals surface area contributed by atoms with Gasteiger partial charge in [0, 0.05) is 23.3 Å². The average molecular weight is 299 g/mol. The first kappa shape index (κ1) is 15.3. The van der Waals surface area contributed by atoms with E-state index in [1.165, 1.54) is 12.1 Å². The highest BCUT2D eigenvalue weighted by molar-refractivity contribution is 6.14. The van der Waals surface area contributed by atoms with Gasteiger partial charge in [0.15, 0.2) is 5.78 Å². The summed E-state index contributed by atoms with van der Waals surface area (Å²) in [5.41, 5.74) is 5.65. The van der Waals surface area contributed by atoms with Crippen LogP contribution < -0.4 is 11.1 Å². The molecule has 0 aliphatic rings. The van der Waals surface area contributed by atoms with E-state index in [2.05, 4.69) is 5.32 Å². The van der Waals surface area contributed by atoms with Crippen LogP contribution in [0.4, 0.5) is 11.4 Å². The molecule has 0 aliphatic carbocycles. The number of hydrogen-bond acceptors (Lipinski definition) is 5. The predicted octanol–water partition coefficient (Wildman–Crippen LogP) is 1.72. The van der Waals surface area contributed by atoms with Crippen LogP contribution in [-0.4, -0.2) is 23.2 Å². The maximum absolute atomic E-state index is 12.5. The number of rotatable bonds is 5. The summed E-state index contributed by atoms with van der Waals surface area (Å²) in [4.78, 5) is 34.2. The third-order valence-corrected chi connectivity index (χ3v) is 2.95. The van der Waals surface area contributed by atoms with Gasteiger partial charge in [-0.2, -0.15) is 0 Å². The molecule has 0 saturated carbocycles. The highest BCUT2D eigenvalue weighted by atomic mass is 16.6. The van der Waals surface area contributed by atoms with Crippen LogP contribution >= 0.6 is 0 Å². The van der Waals surface area contributed by atoms with Gasteiger partial charge in [0.2, 0.25) is 5.91 Å². The Bertz CT molecular complexity index is 729. The second kappa shape index (κ2) is 6.59. The molecule has 1 amide bonds. The summed E-state index contributed by atoms with van der Waals surface area (Å²) in [6.45, 7) is -0.290. The second-order valence-electron chi connectivity index (χ2n) is 4.43. The zero-order valence-corrected chi connectivity index (χ0v) is 11.5. The van der Waals surface area contributed by atoms with Gasteiger partial charge in [0.1, 0.15) is 0 Å². The number of non-ortho nitro benzene ring substituents is 1. The van der Waals surface area contributed by atoms with Crippen LogP contribution in [0.2, 0.25) is 0 Å². The molecule has 0 atom stereocenters. The van der Waals surface area contributed by atoms with Gasteiger partial charge in [-0.15, -0.1) is 0 Å². The molecule has 2 aromatic rings. The van der Waals surface area contributed by atoms with E-state index in [-0.39, 0.29) is 29.3 Å². The van der Waals surface area contributed by atoms with Crippen molar-refractivity contribution in [2.24, 2.45) is 5.73 Å². The van der Waals surface area contributed by atoms with Crippen LogP contribution in [0.15, 0.2) is 48.5 Å². The molecular formula is C15H13N3O4. The fourth-order valence-corrected chi connectivity index (χ4v) is 1.89. The van der Waals surface area contributed by atoms with E-state index < -0.39 is 10.8 Å². The molecule has 0 unspecified atom stereocenters. The molecule has 112 valence electrons. The minimum Gasteiger partial charge on any atom is -0.324 e. The Labute approximate surface area is 125 Å². The van der Waals surface area contributed by atoms with Crippen LogP contribution in [-0.2, 0) is 4.79 Å². The summed E-state index contributed by atoms with van der Waals surface area (Å²) in [7, 11) is 0. The summed E-state index contributed by atoms with van der Waals surface area (Å²) < 4.78 is 0. The Hall–Kier alpha value is -3.06. The molecule has 2 rings (SSSR count). The molecule has 0 aliphatic heterocycles. The van der Waals surface area contributed by atoms with Crippen molar-refractivity contribution in [2.45, 2.75) is 0 Å². The number of nitro benzene ring substituents is 1. The van der Waals surface area contributed by atoms with Gasteiger partial charge in [-0.05, 0) is 6.07 Å².